The second-order valence-corrected chi connectivity index (χ2v) is 3.90. The van der Waals surface area contributed by atoms with Crippen molar-refractivity contribution < 1.29 is 14.3 Å². The van der Waals surface area contributed by atoms with Crippen molar-refractivity contribution in [2.45, 2.75) is 19.9 Å². The Balaban J connectivity index is 1.99. The second-order valence-electron chi connectivity index (χ2n) is 3.90. The Morgan fingerprint density at radius 1 is 1.41 bits per heavy atom. The van der Waals surface area contributed by atoms with Crippen molar-refractivity contribution in [3.05, 3.63) is 23.9 Å². The summed E-state index contributed by atoms with van der Waals surface area (Å²) in [5.74, 6) is 0.442. The van der Waals surface area contributed by atoms with Crippen LogP contribution in [0.3, 0.4) is 0 Å². The zero-order valence-corrected chi connectivity index (χ0v) is 9.68. The molecule has 90 valence electrons. The number of carbonyl (C=O) groups excluding carboxylic acids is 2. The summed E-state index contributed by atoms with van der Waals surface area (Å²) < 4.78 is 5.22. The molecule has 0 atom stereocenters. The Labute approximate surface area is 99.4 Å². The predicted molar refractivity (Wildman–Crippen MR) is 60.4 cm³/mol. The fourth-order valence-electron chi connectivity index (χ4n) is 1.74. The largest absolute Gasteiger partial charge is 0.478 e. The molecule has 0 aliphatic carbocycles. The molecule has 1 aromatic rings. The highest BCUT2D eigenvalue weighted by Gasteiger charge is 2.27. The first kappa shape index (κ1) is 11.6. The number of hydrogen-bond donors (Lipinski definition) is 0. The number of Topliss-reactive ketones (excluding diaryl/α,β-unsaturated/α-hetero) is 1. The first-order valence-electron chi connectivity index (χ1n) is 5.56. The quantitative estimate of drug-likeness (QED) is 0.722. The third-order valence-corrected chi connectivity index (χ3v) is 2.53. The average Bonchev–Trinajstić information content (AvgIpc) is 2.61. The Kier molecular flexibility index (Phi) is 3.37. The summed E-state index contributed by atoms with van der Waals surface area (Å²) in [6.45, 7) is 3.12. The van der Waals surface area contributed by atoms with Crippen LogP contribution in [0.15, 0.2) is 18.3 Å². The van der Waals surface area contributed by atoms with Crippen LogP contribution in [0.1, 0.15) is 18.9 Å². The monoisotopic (exact) mass is 234 g/mol. The highest BCUT2D eigenvalue weighted by Crippen LogP contribution is 2.13. The normalized spacial score (nSPS) is 15.5. The molecule has 1 aromatic heterocycles. The minimum Gasteiger partial charge on any atom is -0.478 e. The summed E-state index contributed by atoms with van der Waals surface area (Å²) in [4.78, 5) is 28.2. The Morgan fingerprint density at radius 3 is 2.76 bits per heavy atom. The average molecular weight is 234 g/mol. The molecule has 2 heterocycles. The van der Waals surface area contributed by atoms with Crippen molar-refractivity contribution in [1.82, 2.24) is 9.88 Å². The SMILES string of the molecule is CCOc1ccc(CN2CC(=O)CC2=O)cn1. The van der Waals surface area contributed by atoms with Crippen LogP contribution >= 0.6 is 0 Å². The first-order valence-corrected chi connectivity index (χ1v) is 5.56. The third kappa shape index (κ3) is 2.81. The van der Waals surface area contributed by atoms with Gasteiger partial charge in [-0.15, -0.1) is 0 Å². The van der Waals surface area contributed by atoms with Crippen molar-refractivity contribution >= 4 is 11.7 Å². The minimum absolute atomic E-state index is 0.0195. The smallest absolute Gasteiger partial charge is 0.230 e. The molecule has 0 unspecified atom stereocenters. The van der Waals surface area contributed by atoms with Crippen LogP contribution in [0, 0.1) is 0 Å². The van der Waals surface area contributed by atoms with Gasteiger partial charge in [0.1, 0.15) is 0 Å². The molecule has 2 rings (SSSR count). The van der Waals surface area contributed by atoms with Crippen molar-refractivity contribution in [2.75, 3.05) is 13.2 Å². The van der Waals surface area contributed by atoms with Crippen LogP contribution in [0.5, 0.6) is 5.88 Å². The van der Waals surface area contributed by atoms with E-state index >= 15 is 0 Å². The maximum Gasteiger partial charge on any atom is 0.230 e. The lowest BCUT2D eigenvalue weighted by molar-refractivity contribution is -0.128. The number of amides is 1. The van der Waals surface area contributed by atoms with Gasteiger partial charge in [0, 0.05) is 18.8 Å². The molecule has 0 N–H and O–H groups in total. The molecule has 0 spiro atoms. The van der Waals surface area contributed by atoms with Gasteiger partial charge in [0.2, 0.25) is 11.8 Å². The van der Waals surface area contributed by atoms with E-state index in [9.17, 15) is 9.59 Å². The highest BCUT2D eigenvalue weighted by molar-refractivity contribution is 6.05. The molecular weight excluding hydrogens is 220 g/mol. The summed E-state index contributed by atoms with van der Waals surface area (Å²) >= 11 is 0. The molecule has 1 aliphatic heterocycles. The van der Waals surface area contributed by atoms with Crippen molar-refractivity contribution in [3.8, 4) is 5.88 Å². The Morgan fingerprint density at radius 2 is 2.24 bits per heavy atom. The van der Waals surface area contributed by atoms with Crippen LogP contribution in [0.2, 0.25) is 0 Å². The zero-order chi connectivity index (χ0) is 12.3. The van der Waals surface area contributed by atoms with Gasteiger partial charge in [-0.05, 0) is 12.5 Å². The maximum atomic E-state index is 11.4. The lowest BCUT2D eigenvalue weighted by Crippen LogP contribution is -2.24. The van der Waals surface area contributed by atoms with E-state index in [1.165, 1.54) is 0 Å². The summed E-state index contributed by atoms with van der Waals surface area (Å²) in [5.41, 5.74) is 0.900. The van der Waals surface area contributed by atoms with Gasteiger partial charge in [-0.1, -0.05) is 6.07 Å². The van der Waals surface area contributed by atoms with Crippen LogP contribution in [-0.2, 0) is 16.1 Å². The summed E-state index contributed by atoms with van der Waals surface area (Å²) in [7, 11) is 0. The molecule has 1 saturated heterocycles. The van der Waals surface area contributed by atoms with E-state index < -0.39 is 0 Å². The minimum atomic E-state index is -0.108. The predicted octanol–water partition coefficient (Wildman–Crippen LogP) is 0.782. The van der Waals surface area contributed by atoms with E-state index in [4.69, 9.17) is 4.74 Å². The van der Waals surface area contributed by atoms with E-state index in [0.29, 0.717) is 19.0 Å². The molecular formula is C12H14N2O3. The Bertz CT molecular complexity index is 428. The van der Waals surface area contributed by atoms with Gasteiger partial charge in [0.25, 0.3) is 0 Å². The number of pyridine rings is 1. The number of nitrogens with zero attached hydrogens (tertiary/aromatic N) is 2. The zero-order valence-electron chi connectivity index (χ0n) is 9.68. The molecule has 5 heteroatoms. The van der Waals surface area contributed by atoms with Crippen molar-refractivity contribution in [2.24, 2.45) is 0 Å². The molecule has 0 bridgehead atoms. The van der Waals surface area contributed by atoms with Gasteiger partial charge in [-0.3, -0.25) is 9.59 Å². The van der Waals surface area contributed by atoms with E-state index in [0.717, 1.165) is 5.56 Å². The van der Waals surface area contributed by atoms with E-state index in [1.807, 2.05) is 13.0 Å². The van der Waals surface area contributed by atoms with Crippen LogP contribution in [-0.4, -0.2) is 34.7 Å². The summed E-state index contributed by atoms with van der Waals surface area (Å²) in [6, 6.07) is 3.62. The number of aromatic nitrogens is 1. The summed E-state index contributed by atoms with van der Waals surface area (Å²) in [5, 5.41) is 0. The van der Waals surface area contributed by atoms with Crippen LogP contribution in [0.25, 0.3) is 0 Å². The van der Waals surface area contributed by atoms with Crippen molar-refractivity contribution in [1.29, 1.82) is 0 Å². The number of rotatable bonds is 4. The van der Waals surface area contributed by atoms with Gasteiger partial charge >= 0.3 is 0 Å². The lowest BCUT2D eigenvalue weighted by atomic mass is 10.2. The number of hydrogen-bond acceptors (Lipinski definition) is 4. The first-order chi connectivity index (χ1) is 8.19. The third-order valence-electron chi connectivity index (χ3n) is 2.53. The number of likely N-dealkylation sites (tertiary alicyclic amines) is 1. The van der Waals surface area contributed by atoms with Gasteiger partial charge in [-0.25, -0.2) is 4.98 Å². The lowest BCUT2D eigenvalue weighted by Gasteiger charge is -2.14. The van der Waals surface area contributed by atoms with Gasteiger partial charge in [-0.2, -0.15) is 0 Å². The topological polar surface area (TPSA) is 59.5 Å². The second kappa shape index (κ2) is 4.95. The molecule has 17 heavy (non-hydrogen) atoms. The van der Waals surface area contributed by atoms with Gasteiger partial charge < -0.3 is 9.64 Å². The molecule has 0 aromatic carbocycles. The molecule has 0 saturated carbocycles. The standard InChI is InChI=1S/C12H14N2O3/c1-2-17-11-4-3-9(6-13-11)7-14-8-10(15)5-12(14)16/h3-4,6H,2,5,7-8H2,1H3. The fraction of sp³-hybridized carbons (Fsp3) is 0.417. The number of ether oxygens (including phenoxy) is 1. The van der Waals surface area contributed by atoms with E-state index in [2.05, 4.69) is 4.98 Å². The highest BCUT2D eigenvalue weighted by atomic mass is 16.5. The van der Waals surface area contributed by atoms with Crippen molar-refractivity contribution in [3.63, 3.8) is 0 Å². The van der Waals surface area contributed by atoms with Gasteiger partial charge in [0.05, 0.1) is 19.6 Å². The Hall–Kier alpha value is -1.91. The maximum absolute atomic E-state index is 11.4. The number of ketones is 1. The summed E-state index contributed by atoms with van der Waals surface area (Å²) in [6.07, 6.45) is 1.70. The molecule has 0 radical (unpaired) electrons. The van der Waals surface area contributed by atoms with Crippen LogP contribution in [0.4, 0.5) is 0 Å². The van der Waals surface area contributed by atoms with E-state index in [1.54, 1.807) is 17.2 Å². The molecule has 5 nitrogen and oxygen atoms in total. The van der Waals surface area contributed by atoms with Crippen LogP contribution < -0.4 is 4.74 Å². The molecule has 1 aliphatic rings. The molecule has 1 amide bonds. The fourth-order valence-corrected chi connectivity index (χ4v) is 1.74. The molecule has 1 fully saturated rings. The number of carbonyl (C=O) groups is 2. The van der Waals surface area contributed by atoms with Gasteiger partial charge in [0.15, 0.2) is 5.78 Å². The van der Waals surface area contributed by atoms with E-state index in [-0.39, 0.29) is 24.7 Å².